The van der Waals surface area contributed by atoms with E-state index in [1.54, 1.807) is 97.2 Å². The van der Waals surface area contributed by atoms with Crippen LogP contribution >= 0.6 is 0 Å². The first-order valence-electron chi connectivity index (χ1n) is 39.2. The van der Waals surface area contributed by atoms with Crippen molar-refractivity contribution in [2.24, 2.45) is 34.5 Å². The van der Waals surface area contributed by atoms with Crippen molar-refractivity contribution in [2.75, 3.05) is 53.6 Å². The lowest BCUT2D eigenvalue weighted by Gasteiger charge is -2.36. The highest BCUT2D eigenvalue weighted by Gasteiger charge is 2.64. The van der Waals surface area contributed by atoms with E-state index in [2.05, 4.69) is 28.5 Å². The number of pyridine rings is 2. The summed E-state index contributed by atoms with van der Waals surface area (Å²) in [4.78, 5) is 153. The molecule has 24 nitrogen and oxygen atoms in total. The van der Waals surface area contributed by atoms with E-state index in [1.165, 1.54) is 61.0 Å². The molecule has 610 valence electrons. The van der Waals surface area contributed by atoms with Gasteiger partial charge in [0.05, 0.1) is 110 Å². The third kappa shape index (κ3) is 21.5. The van der Waals surface area contributed by atoms with Crippen molar-refractivity contribution in [1.82, 2.24) is 25.1 Å². The van der Waals surface area contributed by atoms with Crippen LogP contribution in [0.3, 0.4) is 0 Å². The van der Waals surface area contributed by atoms with Crippen LogP contribution in [0.15, 0.2) is 91.0 Å². The van der Waals surface area contributed by atoms with Crippen LogP contribution in [0, 0.1) is 41.4 Å². The number of carbonyl (C=O) groups excluding carboxylic acids is 10. The van der Waals surface area contributed by atoms with Gasteiger partial charge in [0.15, 0.2) is 46.1 Å². The zero-order valence-electron chi connectivity index (χ0n) is 66.3. The van der Waals surface area contributed by atoms with Gasteiger partial charge in [0, 0.05) is 48.3 Å². The summed E-state index contributed by atoms with van der Waals surface area (Å²) in [6.45, 7) is 16.5. The summed E-state index contributed by atoms with van der Waals surface area (Å²) in [6, 6.07) is 16.0. The Morgan fingerprint density at radius 3 is 1.75 bits per heavy atom. The third-order valence-electron chi connectivity index (χ3n) is 21.9. The average molecular weight is 1570 g/mol. The number of nitrogens with zero attached hydrogens (tertiary/aromatic N) is 4. The second-order valence-electron chi connectivity index (χ2n) is 31.5. The second-order valence-corrected chi connectivity index (χ2v) is 31.5. The number of benzene rings is 3. The quantitative estimate of drug-likeness (QED) is 0.0506. The van der Waals surface area contributed by atoms with Crippen molar-refractivity contribution in [3.63, 3.8) is 0 Å². The number of halogens is 3. The normalized spacial score (nSPS) is 25.6. The van der Waals surface area contributed by atoms with Gasteiger partial charge in [0.2, 0.25) is 11.8 Å². The maximum Gasteiger partial charge on any atom is 0.437 e. The molecule has 6 aliphatic heterocycles. The highest BCUT2D eigenvalue weighted by atomic mass is 19.4. The van der Waals surface area contributed by atoms with E-state index in [-0.39, 0.29) is 134 Å². The zero-order chi connectivity index (χ0) is 82.3. The summed E-state index contributed by atoms with van der Waals surface area (Å²) in [5.41, 5.74) is -3.80. The number of ether oxygens (including phenoxy) is 6. The smallest absolute Gasteiger partial charge is 0.437 e. The maximum atomic E-state index is 14.7. The van der Waals surface area contributed by atoms with E-state index < -0.39 is 86.9 Å². The molecule has 5 fully saturated rings. The van der Waals surface area contributed by atoms with Crippen LogP contribution in [0.5, 0.6) is 23.0 Å². The van der Waals surface area contributed by atoms with Crippen LogP contribution in [-0.4, -0.2) is 171 Å². The molecule has 0 unspecified atom stereocenters. The predicted octanol–water partition coefficient (Wildman–Crippen LogP) is 14.0. The minimum Gasteiger partial charge on any atom is -0.505 e. The molecule has 5 aromatic rings. The van der Waals surface area contributed by atoms with E-state index in [9.17, 15) is 71.0 Å². The number of methoxy groups -OCH3 is 2. The molecule has 27 heteroatoms. The number of amides is 2. The van der Waals surface area contributed by atoms with Crippen molar-refractivity contribution in [1.29, 1.82) is 0 Å². The zero-order valence-corrected chi connectivity index (χ0v) is 66.3. The fourth-order valence-electron chi connectivity index (χ4n) is 15.9. The van der Waals surface area contributed by atoms with Gasteiger partial charge in [0.1, 0.15) is 22.7 Å². The number of hydrogen-bond acceptors (Lipinski definition) is 21. The van der Waals surface area contributed by atoms with E-state index in [1.807, 2.05) is 13.0 Å². The molecule has 8 heterocycles. The predicted molar refractivity (Wildman–Crippen MR) is 412 cm³/mol. The highest BCUT2D eigenvalue weighted by Crippen LogP contribution is 2.59. The monoisotopic (exact) mass is 1570 g/mol. The first-order valence-corrected chi connectivity index (χ1v) is 39.2. The number of carbonyl (C=O) groups is 11. The van der Waals surface area contributed by atoms with Crippen LogP contribution in [-0.2, 0) is 58.7 Å². The maximum absolute atomic E-state index is 14.7. The molecule has 1 spiro atoms. The molecule has 3 N–H and O–H groups in total. The molecule has 2 saturated carbocycles. The van der Waals surface area contributed by atoms with Gasteiger partial charge in [-0.1, -0.05) is 75.1 Å². The van der Waals surface area contributed by atoms with Crippen LogP contribution < -0.4 is 19.5 Å². The molecule has 3 saturated heterocycles. The standard InChI is InChI=1S/C40H50N2O9.C22H31NO5.C13H10F3NO3.C7H6O2.C4H9N/c1-7-49-37(47)40-19-26(40)14-12-10-8-9-11-13-25(17-33(45)50-38(3,4)5)36(46)42-23-39(20-30(42)31(43)22-40)21-32(44)34-28-18-27(48-6)15-16-29(28)41-24(2)35(34)51-39;1-3-28-21(27)22-12-16(22)10-8-6-4-5-7-9-15(2)20(26)23-14-17(24)11-18(23)19(25)13-22;1-6(18)10-8-5-7(20-2)3-4-9(8)17-12(11(10)19)13(14,15)16;8-7(9)6-4-2-1-3-5-6;1-2-4-5-3-1/h12,14-16,18,25-26,30H,7-11,13,17,19-23H2,1-6H3;8,10,15-16,18H,3-7,9,11-14H2,1-2H3;3-5,19H,1-2H3;1-5H,(H,8,9);5H,1-4H2/b14-12-;10-8-;;;/t25-,26-,30+,39+,40-;15-,16+,18-,22+;;;/m10.../s1. The first-order chi connectivity index (χ1) is 53.6. The minimum absolute atomic E-state index is 0.000748. The molecule has 2 amide bonds. The molecular formula is C86H106F3N5O19. The summed E-state index contributed by atoms with van der Waals surface area (Å²) in [6.07, 6.45) is 15.6. The van der Waals surface area contributed by atoms with E-state index in [0.29, 0.717) is 70.7 Å². The van der Waals surface area contributed by atoms with Crippen LogP contribution in [0.1, 0.15) is 219 Å². The Balaban J connectivity index is 0.000000195. The van der Waals surface area contributed by atoms with Crippen molar-refractivity contribution in [2.45, 2.75) is 213 Å². The Kier molecular flexibility index (Phi) is 29.1. The van der Waals surface area contributed by atoms with E-state index in [4.69, 9.17) is 38.5 Å². The summed E-state index contributed by atoms with van der Waals surface area (Å²) >= 11 is 0. The Labute approximate surface area is 656 Å². The fourth-order valence-corrected chi connectivity index (χ4v) is 15.9. The number of allylic oxidation sites excluding steroid dienone is 4. The summed E-state index contributed by atoms with van der Waals surface area (Å²) in [5.74, 6) is -4.97. The van der Waals surface area contributed by atoms with Gasteiger partial charge in [-0.2, -0.15) is 13.2 Å². The van der Waals surface area contributed by atoms with Crippen molar-refractivity contribution >= 4 is 86.4 Å². The number of aromatic carboxylic acids is 1. The van der Waals surface area contributed by atoms with Gasteiger partial charge < -0.3 is 53.8 Å². The first kappa shape index (κ1) is 87.1. The van der Waals surface area contributed by atoms with Gasteiger partial charge in [-0.25, -0.2) is 14.8 Å². The van der Waals surface area contributed by atoms with Gasteiger partial charge in [-0.15, -0.1) is 0 Å². The van der Waals surface area contributed by atoms with Gasteiger partial charge >= 0.3 is 30.1 Å². The molecule has 13 rings (SSSR count). The van der Waals surface area contributed by atoms with Crippen LogP contribution in [0.25, 0.3) is 21.8 Å². The SMILES string of the molecule is C1CCNC1.CCOC(=O)[C@]12CC(=O)[C@@H]3CC(=O)CN3C(=O)[C@@H](C)CCCCC/C=C\[C@@H]1C2.CCOC(=O)[C@]12CC(=O)[C@@H]3C[C@]4(CC(=O)c5c(c(C)nc6ccc(OC)cc56)O4)CN3C(=O)[C@@H](CC(=O)OC(C)(C)C)CCCCC/C=C\[C@@H]1C2.COc1ccc2nc(C(F)(F)F)c(O)c(C(C)=O)c2c1.O=C(O)c1ccccc1. The number of rotatable bonds is 10. The topological polar surface area (TPSA) is 328 Å². The number of ketones is 5. The molecule has 2 aliphatic carbocycles. The number of alkyl halides is 3. The Hall–Kier alpha value is -9.92. The molecule has 8 aliphatic rings. The van der Waals surface area contributed by atoms with E-state index >= 15 is 0 Å². The molecule has 0 bridgehead atoms. The van der Waals surface area contributed by atoms with Crippen LogP contribution in [0.2, 0.25) is 0 Å². The van der Waals surface area contributed by atoms with Crippen LogP contribution in [0.4, 0.5) is 13.2 Å². The number of Topliss-reactive ketones (excluding diaryl/α,β-unsaturated/α-hetero) is 5. The highest BCUT2D eigenvalue weighted by molar-refractivity contribution is 6.12. The van der Waals surface area contributed by atoms with Crippen molar-refractivity contribution < 1.29 is 105 Å². The van der Waals surface area contributed by atoms with E-state index in [0.717, 1.165) is 58.3 Å². The molecular weight excluding hydrogens is 1460 g/mol. The average Bonchev–Trinajstić information content (AvgIpc) is 1.63. The van der Waals surface area contributed by atoms with Crippen molar-refractivity contribution in [3.8, 4) is 23.0 Å². The molecule has 113 heavy (non-hydrogen) atoms. The van der Waals surface area contributed by atoms with Gasteiger partial charge in [-0.3, -0.25) is 47.9 Å². The minimum atomic E-state index is -4.84. The number of esters is 3. The van der Waals surface area contributed by atoms with Gasteiger partial charge in [0.25, 0.3) is 0 Å². The second kappa shape index (κ2) is 37.8. The number of nitrogens with one attached hydrogen (secondary N) is 1. The number of fused-ring (bicyclic) bond motifs is 8. The Bertz CT molecular complexity index is 4430. The fraction of sp³-hybridized carbons (Fsp3) is 0.547. The number of carboxylic acid groups (broad SMARTS) is 1. The number of aromatic nitrogens is 2. The summed E-state index contributed by atoms with van der Waals surface area (Å²) < 4.78 is 71.9. The largest absolute Gasteiger partial charge is 0.505 e. The molecule has 2 aromatic heterocycles. The lowest BCUT2D eigenvalue weighted by molar-refractivity contribution is -0.159. The number of hydrogen-bond donors (Lipinski definition) is 3. The summed E-state index contributed by atoms with van der Waals surface area (Å²) in [7, 11) is 2.93. The Morgan fingerprint density at radius 1 is 0.681 bits per heavy atom. The van der Waals surface area contributed by atoms with Gasteiger partial charge in [-0.05, 0) is 186 Å². The van der Waals surface area contributed by atoms with Crippen molar-refractivity contribution in [3.05, 3.63) is 119 Å². The summed E-state index contributed by atoms with van der Waals surface area (Å²) in [5, 5.41) is 22.0. The third-order valence-corrected chi connectivity index (χ3v) is 21.9. The lowest BCUT2D eigenvalue weighted by atomic mass is 9.84. The number of aryl methyl sites for hydroxylation is 1. The molecule has 9 atom stereocenters. The molecule has 3 aromatic carbocycles. The number of aromatic hydroxyl groups is 1. The number of carboxylic acids is 1. The molecule has 0 radical (unpaired) electrons. The Morgan fingerprint density at radius 2 is 1.24 bits per heavy atom. The lowest BCUT2D eigenvalue weighted by Crippen LogP contribution is -2.47.